The van der Waals surface area contributed by atoms with Crippen molar-refractivity contribution < 1.29 is 18.8 Å². The molecular weight excluding hydrogens is 445 g/mol. The maximum Gasteiger partial charge on any atom is 0.277 e. The van der Waals surface area contributed by atoms with Crippen LogP contribution in [0.2, 0.25) is 0 Å². The minimum Gasteiger partial charge on any atom is -0.351 e. The SMILES string of the molecule is CC(=O)c1cccc(N(C(=O)c2ccccn2)C(C(=O)NC2CCCCC2)c2ccc(F)cc2)c1. The summed E-state index contributed by atoms with van der Waals surface area (Å²) in [6.07, 6.45) is 6.45. The molecule has 1 aliphatic rings. The summed E-state index contributed by atoms with van der Waals surface area (Å²) >= 11 is 0. The lowest BCUT2D eigenvalue weighted by Gasteiger charge is -2.33. The van der Waals surface area contributed by atoms with Crippen molar-refractivity contribution in [1.82, 2.24) is 10.3 Å². The highest BCUT2D eigenvalue weighted by atomic mass is 19.1. The lowest BCUT2D eigenvalue weighted by atomic mass is 9.94. The first-order valence-electron chi connectivity index (χ1n) is 11.9. The molecule has 1 fully saturated rings. The summed E-state index contributed by atoms with van der Waals surface area (Å²) in [5.74, 6) is -1.47. The number of Topliss-reactive ketones (excluding diaryl/α,β-unsaturated/α-hetero) is 1. The summed E-state index contributed by atoms with van der Waals surface area (Å²) < 4.78 is 13.8. The molecule has 35 heavy (non-hydrogen) atoms. The van der Waals surface area contributed by atoms with Crippen molar-refractivity contribution in [3.05, 3.63) is 95.6 Å². The largest absolute Gasteiger partial charge is 0.351 e. The number of benzene rings is 2. The van der Waals surface area contributed by atoms with Gasteiger partial charge >= 0.3 is 0 Å². The second-order valence-electron chi connectivity index (χ2n) is 8.79. The number of amides is 2. The molecule has 1 aromatic heterocycles. The van der Waals surface area contributed by atoms with Gasteiger partial charge in [-0.1, -0.05) is 49.6 Å². The highest BCUT2D eigenvalue weighted by molar-refractivity contribution is 6.09. The van der Waals surface area contributed by atoms with Gasteiger partial charge in [0.2, 0.25) is 5.91 Å². The van der Waals surface area contributed by atoms with Gasteiger partial charge in [-0.2, -0.15) is 0 Å². The monoisotopic (exact) mass is 473 g/mol. The zero-order chi connectivity index (χ0) is 24.8. The van der Waals surface area contributed by atoms with Crippen LogP contribution < -0.4 is 10.2 Å². The van der Waals surface area contributed by atoms with Crippen molar-refractivity contribution >= 4 is 23.3 Å². The Labute approximate surface area is 204 Å². The Hall–Kier alpha value is -3.87. The first-order chi connectivity index (χ1) is 16.9. The second-order valence-corrected chi connectivity index (χ2v) is 8.79. The average Bonchev–Trinajstić information content (AvgIpc) is 2.88. The van der Waals surface area contributed by atoms with E-state index in [0.717, 1.165) is 32.1 Å². The van der Waals surface area contributed by atoms with Gasteiger partial charge in [-0.25, -0.2) is 4.39 Å². The van der Waals surface area contributed by atoms with Crippen LogP contribution in [0.5, 0.6) is 0 Å². The number of rotatable bonds is 7. The molecular formula is C28H28FN3O3. The zero-order valence-electron chi connectivity index (χ0n) is 19.6. The van der Waals surface area contributed by atoms with E-state index in [2.05, 4.69) is 10.3 Å². The molecule has 2 aromatic carbocycles. The maximum absolute atomic E-state index is 13.8. The molecule has 4 rings (SSSR count). The van der Waals surface area contributed by atoms with Crippen LogP contribution in [0.1, 0.15) is 71.5 Å². The topological polar surface area (TPSA) is 79.4 Å². The third kappa shape index (κ3) is 5.80. The lowest BCUT2D eigenvalue weighted by Crippen LogP contribution is -2.47. The summed E-state index contributed by atoms with van der Waals surface area (Å²) in [5.41, 5.74) is 1.39. The molecule has 1 unspecified atom stereocenters. The summed E-state index contributed by atoms with van der Waals surface area (Å²) in [4.78, 5) is 45.3. The Morgan fingerprint density at radius 2 is 1.71 bits per heavy atom. The molecule has 7 heteroatoms. The van der Waals surface area contributed by atoms with Gasteiger partial charge in [0, 0.05) is 23.5 Å². The molecule has 1 saturated carbocycles. The van der Waals surface area contributed by atoms with E-state index < -0.39 is 17.8 Å². The number of carbonyl (C=O) groups is 3. The van der Waals surface area contributed by atoms with Crippen LogP contribution in [0.25, 0.3) is 0 Å². The molecule has 1 N–H and O–H groups in total. The number of pyridine rings is 1. The van der Waals surface area contributed by atoms with Crippen LogP contribution in [-0.4, -0.2) is 28.6 Å². The van der Waals surface area contributed by atoms with Crippen molar-refractivity contribution in [1.29, 1.82) is 0 Å². The van der Waals surface area contributed by atoms with Gasteiger partial charge in [0.1, 0.15) is 17.6 Å². The number of hydrogen-bond donors (Lipinski definition) is 1. The number of ketones is 1. The van der Waals surface area contributed by atoms with Crippen LogP contribution in [0.3, 0.4) is 0 Å². The number of nitrogens with zero attached hydrogens (tertiary/aromatic N) is 2. The molecule has 0 saturated heterocycles. The predicted molar refractivity (Wildman–Crippen MR) is 132 cm³/mol. The van der Waals surface area contributed by atoms with E-state index in [1.165, 1.54) is 42.3 Å². The maximum atomic E-state index is 13.8. The van der Waals surface area contributed by atoms with E-state index in [-0.39, 0.29) is 23.4 Å². The molecule has 2 amide bonds. The van der Waals surface area contributed by atoms with Crippen LogP contribution >= 0.6 is 0 Å². The van der Waals surface area contributed by atoms with Gasteiger partial charge in [-0.05, 0) is 61.7 Å². The average molecular weight is 474 g/mol. The van der Waals surface area contributed by atoms with Crippen LogP contribution in [-0.2, 0) is 4.79 Å². The van der Waals surface area contributed by atoms with E-state index in [4.69, 9.17) is 0 Å². The minimum absolute atomic E-state index is 0.00885. The number of anilines is 1. The van der Waals surface area contributed by atoms with Gasteiger partial charge in [0.15, 0.2) is 5.78 Å². The molecule has 0 bridgehead atoms. The van der Waals surface area contributed by atoms with Gasteiger partial charge in [-0.15, -0.1) is 0 Å². The van der Waals surface area contributed by atoms with E-state index >= 15 is 0 Å². The minimum atomic E-state index is -1.09. The molecule has 1 atom stereocenters. The number of carbonyl (C=O) groups excluding carboxylic acids is 3. The fourth-order valence-electron chi connectivity index (χ4n) is 4.46. The number of halogens is 1. The molecule has 3 aromatic rings. The molecule has 0 aliphatic heterocycles. The zero-order valence-corrected chi connectivity index (χ0v) is 19.6. The molecule has 1 heterocycles. The van der Waals surface area contributed by atoms with Crippen LogP contribution in [0.15, 0.2) is 72.9 Å². The molecule has 0 spiro atoms. The first-order valence-corrected chi connectivity index (χ1v) is 11.9. The van der Waals surface area contributed by atoms with Gasteiger partial charge < -0.3 is 5.32 Å². The quantitative estimate of drug-likeness (QED) is 0.475. The normalized spacial score (nSPS) is 14.7. The Morgan fingerprint density at radius 1 is 0.971 bits per heavy atom. The molecule has 180 valence electrons. The van der Waals surface area contributed by atoms with Crippen molar-refractivity contribution in [2.75, 3.05) is 4.90 Å². The Morgan fingerprint density at radius 3 is 2.37 bits per heavy atom. The van der Waals surface area contributed by atoms with Crippen LogP contribution in [0, 0.1) is 5.82 Å². The fraction of sp³-hybridized carbons (Fsp3) is 0.286. The van der Waals surface area contributed by atoms with E-state index in [9.17, 15) is 18.8 Å². The summed E-state index contributed by atoms with van der Waals surface area (Å²) in [5, 5.41) is 3.11. The first kappa shape index (κ1) is 24.3. The smallest absolute Gasteiger partial charge is 0.277 e. The Kier molecular flexibility index (Phi) is 7.65. The number of aromatic nitrogens is 1. The number of hydrogen-bond acceptors (Lipinski definition) is 4. The van der Waals surface area contributed by atoms with Crippen molar-refractivity contribution in [3.8, 4) is 0 Å². The van der Waals surface area contributed by atoms with Crippen LogP contribution in [0.4, 0.5) is 10.1 Å². The Bertz CT molecular complexity index is 1190. The van der Waals surface area contributed by atoms with Crippen molar-refractivity contribution in [2.45, 2.75) is 51.1 Å². The highest BCUT2D eigenvalue weighted by Gasteiger charge is 2.35. The fourth-order valence-corrected chi connectivity index (χ4v) is 4.46. The second kappa shape index (κ2) is 11.0. The van der Waals surface area contributed by atoms with Gasteiger partial charge in [0.25, 0.3) is 5.91 Å². The van der Waals surface area contributed by atoms with E-state index in [1.807, 2.05) is 0 Å². The van der Waals surface area contributed by atoms with E-state index in [1.54, 1.807) is 42.5 Å². The Balaban J connectivity index is 1.83. The highest BCUT2D eigenvalue weighted by Crippen LogP contribution is 2.31. The standard InChI is InChI=1S/C28H28FN3O3/c1-19(33)21-8-7-11-24(18-21)32(28(35)25-12-5-6-17-30-25)26(20-13-15-22(29)16-14-20)27(34)31-23-9-3-2-4-10-23/h5-8,11-18,23,26H,2-4,9-10H2,1H3,(H,31,34). The van der Waals surface area contributed by atoms with E-state index in [0.29, 0.717) is 16.8 Å². The van der Waals surface area contributed by atoms with Gasteiger partial charge in [0.05, 0.1) is 0 Å². The molecule has 1 aliphatic carbocycles. The number of nitrogens with one attached hydrogen (secondary N) is 1. The van der Waals surface area contributed by atoms with Gasteiger partial charge in [-0.3, -0.25) is 24.3 Å². The molecule has 6 nitrogen and oxygen atoms in total. The summed E-state index contributed by atoms with van der Waals surface area (Å²) in [6.45, 7) is 1.44. The summed E-state index contributed by atoms with van der Waals surface area (Å²) in [7, 11) is 0. The predicted octanol–water partition coefficient (Wildman–Crippen LogP) is 5.26. The molecule has 0 radical (unpaired) electrons. The third-order valence-electron chi connectivity index (χ3n) is 6.28. The third-order valence-corrected chi connectivity index (χ3v) is 6.28. The van der Waals surface area contributed by atoms with Crippen molar-refractivity contribution in [3.63, 3.8) is 0 Å². The summed E-state index contributed by atoms with van der Waals surface area (Å²) in [6, 6.07) is 16.0. The lowest BCUT2D eigenvalue weighted by molar-refractivity contribution is -0.123. The van der Waals surface area contributed by atoms with Crippen molar-refractivity contribution in [2.24, 2.45) is 0 Å².